The number of hydroxylamine groups is 2. The maximum Gasteiger partial charge on any atom is 0.435 e. The van der Waals surface area contributed by atoms with Crippen LogP contribution in [0.4, 0.5) is 9.18 Å². The number of cyclic esters (lactones) is 1. The minimum Gasteiger partial charge on any atom is -0.455 e. The van der Waals surface area contributed by atoms with Crippen molar-refractivity contribution < 1.29 is 52.5 Å². The quantitative estimate of drug-likeness (QED) is 0.243. The summed E-state index contributed by atoms with van der Waals surface area (Å²) in [6.45, 7) is 12.1. The lowest BCUT2D eigenvalue weighted by atomic mass is 9.74. The highest BCUT2D eigenvalue weighted by atomic mass is 32.1. The van der Waals surface area contributed by atoms with Crippen LogP contribution in [0.3, 0.4) is 0 Å². The molecule has 1 N–H and O–H groups in total. The third-order valence-electron chi connectivity index (χ3n) is 11.3. The monoisotopic (exact) mass is 819 g/mol. The molecular weight excluding hydrogens is 766 g/mol. The summed E-state index contributed by atoms with van der Waals surface area (Å²) in [7, 11) is 5.28. The molecule has 2 aromatic heterocycles. The summed E-state index contributed by atoms with van der Waals surface area (Å²) in [5.74, 6) is -0.237. The second-order valence-corrected chi connectivity index (χ2v) is 17.0. The van der Waals surface area contributed by atoms with Crippen molar-refractivity contribution in [3.63, 3.8) is 0 Å². The molecule has 13 atom stereocenters. The molecule has 3 saturated heterocycles. The number of carbonyl (C=O) groups excluding carboxylic acids is 4. The number of ether oxygens (including phenoxy) is 4. The lowest BCUT2D eigenvalue weighted by Gasteiger charge is -2.44. The van der Waals surface area contributed by atoms with Gasteiger partial charge in [-0.05, 0) is 65.3 Å². The summed E-state index contributed by atoms with van der Waals surface area (Å²) >= 11 is 1.23. The van der Waals surface area contributed by atoms with Crippen molar-refractivity contribution in [3.8, 4) is 22.7 Å². The van der Waals surface area contributed by atoms with Gasteiger partial charge in [-0.2, -0.15) is 9.86 Å². The molecule has 314 valence electrons. The maximum absolute atomic E-state index is 16.7. The van der Waals surface area contributed by atoms with Gasteiger partial charge in [-0.3, -0.25) is 14.4 Å². The number of amides is 1. The Hall–Kier alpha value is -3.93. The molecule has 0 unspecified atom stereocenters. The summed E-state index contributed by atoms with van der Waals surface area (Å²) in [5, 5.41) is 24.6. The number of aliphatic hydroxyl groups is 1. The predicted molar refractivity (Wildman–Crippen MR) is 202 cm³/mol. The summed E-state index contributed by atoms with van der Waals surface area (Å²) < 4.78 is 40.7. The fourth-order valence-corrected chi connectivity index (χ4v) is 8.96. The first-order chi connectivity index (χ1) is 26.7. The zero-order valence-corrected chi connectivity index (χ0v) is 35.1. The minimum absolute atomic E-state index is 0.0230. The van der Waals surface area contributed by atoms with Gasteiger partial charge < -0.3 is 29.0 Å². The van der Waals surface area contributed by atoms with E-state index in [1.54, 1.807) is 34.7 Å². The molecule has 3 aliphatic rings. The molecule has 1 amide bonds. The number of thiazole rings is 1. The number of nitrogens with zero attached hydrogens (tertiary/aromatic N) is 7. The molecule has 17 nitrogen and oxygen atoms in total. The summed E-state index contributed by atoms with van der Waals surface area (Å²) in [5.41, 5.74) is -4.88. The number of fused-ring (bicyclic) bond motifs is 1. The van der Waals surface area contributed by atoms with Gasteiger partial charge in [0.05, 0.1) is 30.3 Å². The van der Waals surface area contributed by atoms with E-state index in [9.17, 15) is 24.3 Å². The van der Waals surface area contributed by atoms with Crippen LogP contribution in [-0.2, 0) is 45.2 Å². The molecule has 19 heteroatoms. The van der Waals surface area contributed by atoms with Crippen LogP contribution >= 0.6 is 11.3 Å². The first-order valence-corrected chi connectivity index (χ1v) is 20.0. The number of esters is 1. The van der Waals surface area contributed by atoms with E-state index in [2.05, 4.69) is 32.2 Å². The third kappa shape index (κ3) is 9.05. The van der Waals surface area contributed by atoms with E-state index in [1.807, 2.05) is 25.9 Å². The average Bonchev–Trinajstić information content (AvgIpc) is 3.87. The number of hydrogen-bond acceptors (Lipinski definition) is 16. The van der Waals surface area contributed by atoms with Crippen molar-refractivity contribution in [2.45, 2.75) is 129 Å². The van der Waals surface area contributed by atoms with Gasteiger partial charge in [0.2, 0.25) is 5.82 Å². The average molecular weight is 820 g/mol. The lowest BCUT2D eigenvalue weighted by Crippen LogP contribution is -2.59. The minimum atomic E-state index is -3.16. The highest BCUT2D eigenvalue weighted by Gasteiger charge is 2.62. The SMILES string of the molecule is CC[C@H]1OC(=O)[C@@](C)(F)C(=O)[C@H](C)[C@H](O[C@@H]2O[C@H](C)C[C@H](N(C)C)[C@H]2O)[C@@H](C)C[C@@H](C)C(=O)[C@H](C)[C@H]2N(OCC#Cc3cnc(-c4nnn(C)n4)s3)C(=O)O[C@]12C. The standard InChI is InChI=1S/C38H54FN7O10S/c1-12-26-38(8)30(46(36(51)56-38)52-15-13-14-24-18-40-33(57-24)32-41-43-45(11)42-32)22(5)27(47)19(2)16-20(3)29(23(6)31(49)37(7,39)35(50)54-26)55-34-28(48)25(44(9)10)17-21(4)53-34/h18-23,25-26,28-30,34,48H,12,15-17H2,1-11H3/t19-,20+,21-,22+,23-,25+,26-,28-,29-,30-,34+,37+,38-/m1/s1. The summed E-state index contributed by atoms with van der Waals surface area (Å²) in [4.78, 5) is 69.6. The summed E-state index contributed by atoms with van der Waals surface area (Å²) in [6, 6.07) is -1.50. The van der Waals surface area contributed by atoms with Crippen LogP contribution in [0.2, 0.25) is 0 Å². The molecule has 2 aromatic rings. The van der Waals surface area contributed by atoms with Gasteiger partial charge >= 0.3 is 12.1 Å². The number of hydrogen-bond donors (Lipinski definition) is 1. The second kappa shape index (κ2) is 17.5. The first kappa shape index (κ1) is 44.2. The number of likely N-dealkylation sites (N-methyl/N-ethyl adjacent to an activating group) is 1. The van der Waals surface area contributed by atoms with E-state index in [0.717, 1.165) is 12.0 Å². The van der Waals surface area contributed by atoms with E-state index >= 15 is 4.39 Å². The van der Waals surface area contributed by atoms with Crippen molar-refractivity contribution in [1.82, 2.24) is 35.2 Å². The molecule has 0 radical (unpaired) electrons. The number of tetrazole rings is 1. The lowest BCUT2D eigenvalue weighted by molar-refractivity contribution is -0.278. The molecule has 0 saturated carbocycles. The number of ketones is 2. The number of aromatic nitrogens is 5. The van der Waals surface area contributed by atoms with Crippen molar-refractivity contribution in [2.24, 2.45) is 30.7 Å². The molecule has 0 aliphatic carbocycles. The van der Waals surface area contributed by atoms with Crippen LogP contribution in [-0.4, -0.2) is 139 Å². The molecule has 5 heterocycles. The van der Waals surface area contributed by atoms with Crippen molar-refractivity contribution in [2.75, 3.05) is 20.7 Å². The largest absolute Gasteiger partial charge is 0.455 e. The number of halogens is 1. The first-order valence-electron chi connectivity index (χ1n) is 19.2. The predicted octanol–water partition coefficient (Wildman–Crippen LogP) is 3.14. The van der Waals surface area contributed by atoms with E-state index < -0.39 is 83.4 Å². The maximum atomic E-state index is 16.7. The van der Waals surface area contributed by atoms with Crippen LogP contribution in [0.5, 0.6) is 0 Å². The number of carbonyl (C=O) groups is 4. The van der Waals surface area contributed by atoms with Crippen LogP contribution in [0, 0.1) is 35.5 Å². The second-order valence-electron chi connectivity index (χ2n) is 16.0. The van der Waals surface area contributed by atoms with E-state index in [1.165, 1.54) is 36.2 Å². The molecule has 0 bridgehead atoms. The van der Waals surface area contributed by atoms with Gasteiger partial charge in [0.25, 0.3) is 5.67 Å². The van der Waals surface area contributed by atoms with E-state index in [-0.39, 0.29) is 37.4 Å². The fourth-order valence-electron chi connectivity index (χ4n) is 8.25. The van der Waals surface area contributed by atoms with Gasteiger partial charge in [0.1, 0.15) is 30.6 Å². The molecule has 3 aliphatic heterocycles. The number of Topliss-reactive ketones (excluding diaryl/α,β-unsaturated/α-hetero) is 2. The zero-order valence-electron chi connectivity index (χ0n) is 34.3. The fraction of sp³-hybridized carbons (Fsp3) is 0.737. The van der Waals surface area contributed by atoms with Gasteiger partial charge in [0.15, 0.2) is 22.7 Å². The Morgan fingerprint density at radius 3 is 2.44 bits per heavy atom. The Balaban J connectivity index is 1.45. The molecule has 57 heavy (non-hydrogen) atoms. The zero-order chi connectivity index (χ0) is 42.1. The van der Waals surface area contributed by atoms with Crippen LogP contribution in [0.25, 0.3) is 10.8 Å². The van der Waals surface area contributed by atoms with Crippen LogP contribution < -0.4 is 0 Å². The number of aryl methyl sites for hydroxylation is 1. The molecule has 0 aromatic carbocycles. The number of aliphatic hydroxyl groups excluding tert-OH is 1. The van der Waals surface area contributed by atoms with Crippen molar-refractivity contribution in [3.05, 3.63) is 11.1 Å². The van der Waals surface area contributed by atoms with Crippen molar-refractivity contribution >= 4 is 35.0 Å². The van der Waals surface area contributed by atoms with Gasteiger partial charge in [-0.15, -0.1) is 21.5 Å². The Morgan fingerprint density at radius 2 is 1.81 bits per heavy atom. The molecule has 5 rings (SSSR count). The third-order valence-corrected chi connectivity index (χ3v) is 12.2. The topological polar surface area (TPSA) is 198 Å². The normalized spacial score (nSPS) is 36.9. The van der Waals surface area contributed by atoms with E-state index in [4.69, 9.17) is 23.8 Å². The van der Waals surface area contributed by atoms with Crippen LogP contribution in [0.1, 0.15) is 79.5 Å². The number of alkyl halides is 1. The molecule has 3 fully saturated rings. The molecular formula is C38H54FN7O10S. The van der Waals surface area contributed by atoms with E-state index in [0.29, 0.717) is 22.1 Å². The highest BCUT2D eigenvalue weighted by molar-refractivity contribution is 7.15. The van der Waals surface area contributed by atoms with Crippen LogP contribution in [0.15, 0.2) is 6.20 Å². The Kier molecular flexibility index (Phi) is 13.6. The summed E-state index contributed by atoms with van der Waals surface area (Å²) in [6.07, 6.45) is -3.72. The number of rotatable bonds is 7. The Bertz CT molecular complexity index is 1860. The van der Waals surface area contributed by atoms with Gasteiger partial charge in [0, 0.05) is 23.8 Å². The van der Waals surface area contributed by atoms with Crippen molar-refractivity contribution in [1.29, 1.82) is 0 Å². The Morgan fingerprint density at radius 1 is 1.11 bits per heavy atom. The highest BCUT2D eigenvalue weighted by Crippen LogP contribution is 2.42. The Labute approximate surface area is 335 Å². The van der Waals surface area contributed by atoms with Gasteiger partial charge in [-0.25, -0.2) is 19.0 Å². The smallest absolute Gasteiger partial charge is 0.435 e. The molecule has 0 spiro atoms. The van der Waals surface area contributed by atoms with Gasteiger partial charge in [-0.1, -0.05) is 46.5 Å².